The zero-order valence-electron chi connectivity index (χ0n) is 10.4. The Balaban J connectivity index is 2.55. The van der Waals surface area contributed by atoms with E-state index < -0.39 is 0 Å². The third kappa shape index (κ3) is 1.87. The summed E-state index contributed by atoms with van der Waals surface area (Å²) >= 11 is 6.09. The van der Waals surface area contributed by atoms with Crippen LogP contribution in [0.4, 0.5) is 0 Å². The van der Waals surface area contributed by atoms with Crippen molar-refractivity contribution < 1.29 is 9.47 Å². The van der Waals surface area contributed by atoms with Crippen LogP contribution in [-0.2, 0) is 5.41 Å². The number of hydrogen-bond donors (Lipinski definition) is 1. The third-order valence-electron chi connectivity index (χ3n) is 3.67. The second-order valence-electron chi connectivity index (χ2n) is 4.61. The Kier molecular flexibility index (Phi) is 3.23. The fourth-order valence-corrected chi connectivity index (χ4v) is 2.65. The normalized spacial score (nSPS) is 18.6. The Bertz CT molecular complexity index is 428. The molecular formula is C13H18ClNO2. The molecule has 1 aromatic rings. The van der Waals surface area contributed by atoms with E-state index in [-0.39, 0.29) is 11.5 Å². The minimum atomic E-state index is 0.0310. The lowest BCUT2D eigenvalue weighted by Crippen LogP contribution is -2.31. The number of methoxy groups -OCH3 is 2. The molecule has 94 valence electrons. The summed E-state index contributed by atoms with van der Waals surface area (Å²) in [5, 5.41) is 0.563. The maximum absolute atomic E-state index is 6.09. The van der Waals surface area contributed by atoms with Crippen molar-refractivity contribution >= 4 is 11.6 Å². The summed E-state index contributed by atoms with van der Waals surface area (Å²) in [5.74, 6) is 1.31. The molecule has 0 bridgehead atoms. The van der Waals surface area contributed by atoms with Crippen LogP contribution < -0.4 is 15.2 Å². The molecule has 3 nitrogen and oxygen atoms in total. The van der Waals surface area contributed by atoms with Crippen LogP contribution in [0.5, 0.6) is 11.5 Å². The van der Waals surface area contributed by atoms with Crippen LogP contribution in [0, 0.1) is 0 Å². The summed E-state index contributed by atoms with van der Waals surface area (Å²) in [5.41, 5.74) is 7.23. The summed E-state index contributed by atoms with van der Waals surface area (Å²) in [6, 6.07) is 3.95. The highest BCUT2D eigenvalue weighted by Crippen LogP contribution is 2.55. The standard InChI is InChI=1S/C13H18ClNO2/c1-8(15)13(6-7-13)9-4-5-10(14)12(17-3)11(9)16-2/h4-5,8H,6-7,15H2,1-3H3. The summed E-state index contributed by atoms with van der Waals surface area (Å²) in [4.78, 5) is 0. The first-order valence-corrected chi connectivity index (χ1v) is 6.11. The highest BCUT2D eigenvalue weighted by atomic mass is 35.5. The molecule has 0 amide bonds. The monoisotopic (exact) mass is 255 g/mol. The number of ether oxygens (including phenoxy) is 2. The minimum Gasteiger partial charge on any atom is -0.492 e. The van der Waals surface area contributed by atoms with Crippen LogP contribution in [0.2, 0.25) is 5.02 Å². The molecule has 1 unspecified atom stereocenters. The zero-order chi connectivity index (χ0) is 12.6. The number of halogens is 1. The number of hydrogen-bond acceptors (Lipinski definition) is 3. The fourth-order valence-electron chi connectivity index (χ4n) is 2.43. The van der Waals surface area contributed by atoms with Gasteiger partial charge in [-0.2, -0.15) is 0 Å². The van der Waals surface area contributed by atoms with Gasteiger partial charge in [0, 0.05) is 17.0 Å². The Hall–Kier alpha value is -0.930. The van der Waals surface area contributed by atoms with Crippen molar-refractivity contribution in [2.24, 2.45) is 5.73 Å². The molecule has 0 radical (unpaired) electrons. The van der Waals surface area contributed by atoms with E-state index in [2.05, 4.69) is 0 Å². The average Bonchev–Trinajstić information content (AvgIpc) is 3.09. The molecular weight excluding hydrogens is 238 g/mol. The van der Waals surface area contributed by atoms with Crippen molar-refractivity contribution in [1.82, 2.24) is 0 Å². The quantitative estimate of drug-likeness (QED) is 0.900. The Labute approximate surface area is 107 Å². The van der Waals surface area contributed by atoms with E-state index in [0.717, 1.165) is 24.2 Å². The van der Waals surface area contributed by atoms with Gasteiger partial charge in [0.25, 0.3) is 0 Å². The molecule has 2 N–H and O–H groups in total. The molecule has 1 fully saturated rings. The third-order valence-corrected chi connectivity index (χ3v) is 3.97. The van der Waals surface area contributed by atoms with Gasteiger partial charge in [-0.1, -0.05) is 17.7 Å². The lowest BCUT2D eigenvalue weighted by atomic mass is 9.88. The maximum Gasteiger partial charge on any atom is 0.179 e. The number of rotatable bonds is 4. The lowest BCUT2D eigenvalue weighted by Gasteiger charge is -2.24. The molecule has 0 aliphatic heterocycles. The van der Waals surface area contributed by atoms with Gasteiger partial charge in [0.05, 0.1) is 19.2 Å². The van der Waals surface area contributed by atoms with Crippen LogP contribution >= 0.6 is 11.6 Å². The van der Waals surface area contributed by atoms with Gasteiger partial charge >= 0.3 is 0 Å². The highest BCUT2D eigenvalue weighted by Gasteiger charge is 2.49. The zero-order valence-corrected chi connectivity index (χ0v) is 11.2. The van der Waals surface area contributed by atoms with Crippen LogP contribution in [-0.4, -0.2) is 20.3 Å². The summed E-state index contributed by atoms with van der Waals surface area (Å²) in [6.07, 6.45) is 2.18. The van der Waals surface area contributed by atoms with Gasteiger partial charge in [-0.25, -0.2) is 0 Å². The number of benzene rings is 1. The van der Waals surface area contributed by atoms with Crippen LogP contribution in [0.3, 0.4) is 0 Å². The van der Waals surface area contributed by atoms with E-state index in [1.165, 1.54) is 0 Å². The van der Waals surface area contributed by atoms with E-state index >= 15 is 0 Å². The van der Waals surface area contributed by atoms with Crippen molar-refractivity contribution in [3.05, 3.63) is 22.7 Å². The van der Waals surface area contributed by atoms with E-state index in [4.69, 9.17) is 26.8 Å². The fraction of sp³-hybridized carbons (Fsp3) is 0.538. The second-order valence-corrected chi connectivity index (χ2v) is 5.01. The van der Waals surface area contributed by atoms with Crippen LogP contribution in [0.15, 0.2) is 12.1 Å². The number of nitrogens with two attached hydrogens (primary N) is 1. The average molecular weight is 256 g/mol. The largest absolute Gasteiger partial charge is 0.492 e. The molecule has 0 aromatic heterocycles. The molecule has 0 heterocycles. The Morgan fingerprint density at radius 3 is 2.24 bits per heavy atom. The Morgan fingerprint density at radius 2 is 1.82 bits per heavy atom. The lowest BCUT2D eigenvalue weighted by molar-refractivity contribution is 0.346. The van der Waals surface area contributed by atoms with Gasteiger partial charge in [0.15, 0.2) is 11.5 Å². The first kappa shape index (κ1) is 12.5. The van der Waals surface area contributed by atoms with E-state index in [9.17, 15) is 0 Å². The van der Waals surface area contributed by atoms with Gasteiger partial charge in [0.2, 0.25) is 0 Å². The van der Waals surface area contributed by atoms with Gasteiger partial charge < -0.3 is 15.2 Å². The highest BCUT2D eigenvalue weighted by molar-refractivity contribution is 6.32. The van der Waals surface area contributed by atoms with Gasteiger partial charge in [0.1, 0.15) is 0 Å². The minimum absolute atomic E-state index is 0.0310. The van der Waals surface area contributed by atoms with Crippen molar-refractivity contribution in [3.8, 4) is 11.5 Å². The predicted octanol–water partition coefficient (Wildman–Crippen LogP) is 2.74. The van der Waals surface area contributed by atoms with Gasteiger partial charge in [-0.05, 0) is 25.8 Å². The first-order chi connectivity index (χ1) is 8.06. The molecule has 0 spiro atoms. The van der Waals surface area contributed by atoms with Crippen molar-refractivity contribution in [2.75, 3.05) is 14.2 Å². The molecule has 1 saturated carbocycles. The first-order valence-electron chi connectivity index (χ1n) is 5.73. The van der Waals surface area contributed by atoms with Gasteiger partial charge in [-0.15, -0.1) is 0 Å². The molecule has 2 rings (SSSR count). The van der Waals surface area contributed by atoms with E-state index in [0.29, 0.717) is 10.8 Å². The molecule has 0 saturated heterocycles. The van der Waals surface area contributed by atoms with Crippen LogP contribution in [0.25, 0.3) is 0 Å². The molecule has 1 aliphatic carbocycles. The summed E-state index contributed by atoms with van der Waals surface area (Å²) < 4.78 is 10.8. The topological polar surface area (TPSA) is 44.5 Å². The van der Waals surface area contributed by atoms with Crippen molar-refractivity contribution in [1.29, 1.82) is 0 Å². The molecule has 4 heteroatoms. The summed E-state index contributed by atoms with van der Waals surface area (Å²) in [7, 11) is 3.23. The Morgan fingerprint density at radius 1 is 1.24 bits per heavy atom. The van der Waals surface area contributed by atoms with Crippen molar-refractivity contribution in [3.63, 3.8) is 0 Å². The summed E-state index contributed by atoms with van der Waals surface area (Å²) in [6.45, 7) is 2.04. The molecule has 1 aromatic carbocycles. The SMILES string of the molecule is COc1c(Cl)ccc(C2(C(C)N)CC2)c1OC. The van der Waals surface area contributed by atoms with Gasteiger partial charge in [-0.3, -0.25) is 0 Å². The van der Waals surface area contributed by atoms with E-state index in [1.807, 2.05) is 19.1 Å². The predicted molar refractivity (Wildman–Crippen MR) is 69.1 cm³/mol. The molecule has 1 atom stereocenters. The smallest absolute Gasteiger partial charge is 0.179 e. The van der Waals surface area contributed by atoms with E-state index in [1.54, 1.807) is 14.2 Å². The molecule has 1 aliphatic rings. The van der Waals surface area contributed by atoms with Crippen LogP contribution in [0.1, 0.15) is 25.3 Å². The maximum atomic E-state index is 6.09. The second kappa shape index (κ2) is 4.39. The van der Waals surface area contributed by atoms with Crippen molar-refractivity contribution in [2.45, 2.75) is 31.2 Å². The molecule has 17 heavy (non-hydrogen) atoms.